The maximum Gasteiger partial charge on any atom is 0.0992 e. The Morgan fingerprint density at radius 2 is 2.21 bits per heavy atom. The molecular formula is C15H21N3O. The monoisotopic (exact) mass is 259 g/mol. The first-order chi connectivity index (χ1) is 8.97. The molecule has 1 unspecified atom stereocenters. The number of anilines is 1. The van der Waals surface area contributed by atoms with Crippen molar-refractivity contribution in [3.8, 4) is 6.07 Å². The molecule has 1 atom stereocenters. The van der Waals surface area contributed by atoms with E-state index in [1.54, 1.807) is 6.07 Å². The molecule has 1 saturated heterocycles. The smallest absolute Gasteiger partial charge is 0.0992 e. The summed E-state index contributed by atoms with van der Waals surface area (Å²) in [4.78, 5) is 4.49. The number of likely N-dealkylation sites (N-methyl/N-ethyl adjacent to an activating group) is 1. The van der Waals surface area contributed by atoms with Crippen molar-refractivity contribution in [1.29, 1.82) is 5.26 Å². The Kier molecular flexibility index (Phi) is 3.79. The summed E-state index contributed by atoms with van der Waals surface area (Å²) in [6.45, 7) is 6.17. The van der Waals surface area contributed by atoms with Crippen LogP contribution in [-0.4, -0.2) is 48.3 Å². The van der Waals surface area contributed by atoms with Crippen LogP contribution in [0.15, 0.2) is 24.3 Å². The minimum absolute atomic E-state index is 0.0499. The number of hydrogen-bond donors (Lipinski definition) is 1. The number of nitriles is 1. The minimum Gasteiger partial charge on any atom is -0.394 e. The Balaban J connectivity index is 2.32. The molecule has 1 fully saturated rings. The number of benzene rings is 1. The van der Waals surface area contributed by atoms with Gasteiger partial charge in [-0.2, -0.15) is 5.26 Å². The summed E-state index contributed by atoms with van der Waals surface area (Å²) < 4.78 is 0. The molecule has 0 radical (unpaired) electrons. The van der Waals surface area contributed by atoms with Gasteiger partial charge in [0.2, 0.25) is 0 Å². The van der Waals surface area contributed by atoms with Gasteiger partial charge in [-0.1, -0.05) is 6.07 Å². The number of aliphatic hydroxyl groups is 1. The Morgan fingerprint density at radius 1 is 1.47 bits per heavy atom. The number of rotatable bonds is 2. The van der Waals surface area contributed by atoms with Crippen LogP contribution in [0.4, 0.5) is 5.69 Å². The molecule has 1 heterocycles. The lowest BCUT2D eigenvalue weighted by atomic mass is 9.95. The molecule has 1 aromatic carbocycles. The highest BCUT2D eigenvalue weighted by molar-refractivity contribution is 5.53. The highest BCUT2D eigenvalue weighted by atomic mass is 16.3. The molecule has 0 spiro atoms. The van der Waals surface area contributed by atoms with E-state index < -0.39 is 0 Å². The number of aliphatic hydroxyl groups excluding tert-OH is 1. The summed E-state index contributed by atoms with van der Waals surface area (Å²) in [6, 6.07) is 9.84. The lowest BCUT2D eigenvalue weighted by Crippen LogP contribution is -2.63. The number of hydrogen-bond acceptors (Lipinski definition) is 4. The standard InChI is InChI=1S/C15H21N3O/c1-15(2)11-18(14(10-19)9-17(15)3)13-6-4-5-12(7-13)8-16/h4-7,14,19H,9-11H2,1-3H3. The average molecular weight is 259 g/mol. The van der Waals surface area contributed by atoms with Crippen molar-refractivity contribution >= 4 is 5.69 Å². The molecule has 1 aliphatic rings. The van der Waals surface area contributed by atoms with Gasteiger partial charge in [0.1, 0.15) is 0 Å². The van der Waals surface area contributed by atoms with Gasteiger partial charge in [0.25, 0.3) is 0 Å². The molecule has 0 amide bonds. The predicted molar refractivity (Wildman–Crippen MR) is 76.1 cm³/mol. The lowest BCUT2D eigenvalue weighted by molar-refractivity contribution is 0.0932. The number of nitrogens with zero attached hydrogens (tertiary/aromatic N) is 3. The molecule has 1 aliphatic heterocycles. The molecule has 2 rings (SSSR count). The van der Waals surface area contributed by atoms with Gasteiger partial charge in [0, 0.05) is 24.3 Å². The van der Waals surface area contributed by atoms with E-state index >= 15 is 0 Å². The van der Waals surface area contributed by atoms with Gasteiger partial charge in [-0.3, -0.25) is 4.90 Å². The Bertz CT molecular complexity index is 492. The fourth-order valence-electron chi connectivity index (χ4n) is 2.54. The van der Waals surface area contributed by atoms with E-state index in [1.165, 1.54) is 0 Å². The van der Waals surface area contributed by atoms with Gasteiger partial charge in [0.05, 0.1) is 24.3 Å². The van der Waals surface area contributed by atoms with Crippen molar-refractivity contribution in [2.75, 3.05) is 31.6 Å². The van der Waals surface area contributed by atoms with E-state index in [0.29, 0.717) is 5.56 Å². The van der Waals surface area contributed by atoms with Crippen LogP contribution in [0.25, 0.3) is 0 Å². The zero-order chi connectivity index (χ0) is 14.0. The third kappa shape index (κ3) is 2.73. The van der Waals surface area contributed by atoms with E-state index in [2.05, 4.69) is 36.8 Å². The SMILES string of the molecule is CN1CC(CO)N(c2cccc(C#N)c2)CC1(C)C. The third-order valence-corrected chi connectivity index (χ3v) is 4.03. The summed E-state index contributed by atoms with van der Waals surface area (Å²) in [5.41, 5.74) is 1.72. The van der Waals surface area contributed by atoms with E-state index in [1.807, 2.05) is 18.2 Å². The van der Waals surface area contributed by atoms with Gasteiger partial charge in [-0.15, -0.1) is 0 Å². The van der Waals surface area contributed by atoms with Crippen molar-refractivity contribution in [1.82, 2.24) is 4.90 Å². The van der Waals surface area contributed by atoms with Gasteiger partial charge >= 0.3 is 0 Å². The molecule has 0 aliphatic carbocycles. The minimum atomic E-state index is 0.0499. The highest BCUT2D eigenvalue weighted by Gasteiger charge is 2.36. The topological polar surface area (TPSA) is 50.5 Å². The summed E-state index contributed by atoms with van der Waals surface area (Å²) in [5, 5.41) is 18.6. The van der Waals surface area contributed by atoms with Crippen molar-refractivity contribution < 1.29 is 5.11 Å². The van der Waals surface area contributed by atoms with E-state index in [4.69, 9.17) is 5.26 Å². The summed E-state index contributed by atoms with van der Waals surface area (Å²) >= 11 is 0. The molecule has 19 heavy (non-hydrogen) atoms. The van der Waals surface area contributed by atoms with Gasteiger partial charge in [-0.25, -0.2) is 0 Å². The van der Waals surface area contributed by atoms with Crippen LogP contribution in [0.5, 0.6) is 0 Å². The second kappa shape index (κ2) is 5.20. The summed E-state index contributed by atoms with van der Waals surface area (Å²) in [7, 11) is 2.09. The molecule has 4 nitrogen and oxygen atoms in total. The van der Waals surface area contributed by atoms with Crippen molar-refractivity contribution in [3.05, 3.63) is 29.8 Å². The van der Waals surface area contributed by atoms with E-state index in [-0.39, 0.29) is 18.2 Å². The fourth-order valence-corrected chi connectivity index (χ4v) is 2.54. The van der Waals surface area contributed by atoms with E-state index in [9.17, 15) is 5.11 Å². The maximum atomic E-state index is 9.60. The molecule has 0 saturated carbocycles. The molecular weight excluding hydrogens is 238 g/mol. The van der Waals surface area contributed by atoms with Crippen LogP contribution >= 0.6 is 0 Å². The number of piperazine rings is 1. The highest BCUT2D eigenvalue weighted by Crippen LogP contribution is 2.28. The molecule has 0 aromatic heterocycles. The van der Waals surface area contributed by atoms with Crippen LogP contribution in [0.2, 0.25) is 0 Å². The predicted octanol–water partition coefficient (Wildman–Crippen LogP) is 1.45. The third-order valence-electron chi connectivity index (χ3n) is 4.03. The first-order valence-corrected chi connectivity index (χ1v) is 6.57. The van der Waals surface area contributed by atoms with Crippen LogP contribution in [-0.2, 0) is 0 Å². The normalized spacial score (nSPS) is 23.1. The van der Waals surface area contributed by atoms with Gasteiger partial charge < -0.3 is 10.0 Å². The average Bonchev–Trinajstić information content (AvgIpc) is 2.41. The lowest BCUT2D eigenvalue weighted by Gasteiger charge is -2.50. The van der Waals surface area contributed by atoms with Crippen LogP contribution in [0, 0.1) is 11.3 Å². The molecule has 1 aromatic rings. The van der Waals surface area contributed by atoms with Crippen LogP contribution in [0.1, 0.15) is 19.4 Å². The molecule has 1 N–H and O–H groups in total. The molecule has 0 bridgehead atoms. The summed E-state index contributed by atoms with van der Waals surface area (Å²) in [6.07, 6.45) is 0. The Labute approximate surface area is 114 Å². The summed E-state index contributed by atoms with van der Waals surface area (Å²) in [5.74, 6) is 0. The maximum absolute atomic E-state index is 9.60. The fraction of sp³-hybridized carbons (Fsp3) is 0.533. The second-order valence-corrected chi connectivity index (χ2v) is 5.82. The zero-order valence-electron chi connectivity index (χ0n) is 11.8. The Morgan fingerprint density at radius 3 is 2.84 bits per heavy atom. The second-order valence-electron chi connectivity index (χ2n) is 5.82. The molecule has 4 heteroatoms. The van der Waals surface area contributed by atoms with Crippen molar-refractivity contribution in [2.24, 2.45) is 0 Å². The largest absolute Gasteiger partial charge is 0.394 e. The van der Waals surface area contributed by atoms with Crippen LogP contribution in [0.3, 0.4) is 0 Å². The Hall–Kier alpha value is -1.57. The molecule has 102 valence electrons. The van der Waals surface area contributed by atoms with Crippen molar-refractivity contribution in [2.45, 2.75) is 25.4 Å². The quantitative estimate of drug-likeness (QED) is 0.873. The van der Waals surface area contributed by atoms with Crippen molar-refractivity contribution in [3.63, 3.8) is 0 Å². The van der Waals surface area contributed by atoms with Crippen LogP contribution < -0.4 is 4.90 Å². The first-order valence-electron chi connectivity index (χ1n) is 6.57. The zero-order valence-corrected chi connectivity index (χ0v) is 11.8. The first kappa shape index (κ1) is 13.9. The van der Waals surface area contributed by atoms with Gasteiger partial charge in [0.15, 0.2) is 0 Å². The van der Waals surface area contributed by atoms with E-state index in [0.717, 1.165) is 18.8 Å². The van der Waals surface area contributed by atoms with Gasteiger partial charge in [-0.05, 0) is 39.1 Å².